The highest BCUT2D eigenvalue weighted by molar-refractivity contribution is 6.04. The SMILES string of the molecule is OCC(O)CNc1ccccc1C1=NCCN1. The number of hydrogen-bond donors (Lipinski definition) is 4. The summed E-state index contributed by atoms with van der Waals surface area (Å²) in [4.78, 5) is 4.37. The number of aliphatic imine (C=N–C) groups is 1. The molecule has 0 aromatic heterocycles. The molecule has 0 radical (unpaired) electrons. The standard InChI is InChI=1S/C12H17N3O2/c16-8-9(17)7-15-11-4-2-1-3-10(11)12-13-5-6-14-12/h1-4,9,15-17H,5-8H2,(H,13,14). The van der Waals surface area contributed by atoms with Crippen LogP contribution < -0.4 is 10.6 Å². The first kappa shape index (κ1) is 11.9. The Morgan fingerprint density at radius 3 is 2.94 bits per heavy atom. The molecule has 0 aliphatic carbocycles. The molecule has 0 spiro atoms. The van der Waals surface area contributed by atoms with Gasteiger partial charge in [-0.1, -0.05) is 12.1 Å². The van der Waals surface area contributed by atoms with E-state index in [9.17, 15) is 5.11 Å². The van der Waals surface area contributed by atoms with Crippen LogP contribution in [0.5, 0.6) is 0 Å². The van der Waals surface area contributed by atoms with Gasteiger partial charge in [0, 0.05) is 24.3 Å². The summed E-state index contributed by atoms with van der Waals surface area (Å²) in [6.45, 7) is 1.74. The minimum absolute atomic E-state index is 0.242. The van der Waals surface area contributed by atoms with E-state index in [1.807, 2.05) is 24.3 Å². The van der Waals surface area contributed by atoms with Crippen molar-refractivity contribution in [2.75, 3.05) is 31.6 Å². The molecule has 1 aromatic rings. The molecule has 5 heteroatoms. The molecule has 0 saturated carbocycles. The Morgan fingerprint density at radius 2 is 2.24 bits per heavy atom. The molecule has 92 valence electrons. The smallest absolute Gasteiger partial charge is 0.130 e. The topological polar surface area (TPSA) is 76.9 Å². The first-order valence-corrected chi connectivity index (χ1v) is 5.72. The highest BCUT2D eigenvalue weighted by Gasteiger charge is 2.12. The molecule has 17 heavy (non-hydrogen) atoms. The molecule has 1 unspecified atom stereocenters. The van der Waals surface area contributed by atoms with E-state index in [2.05, 4.69) is 15.6 Å². The molecule has 2 rings (SSSR count). The Hall–Kier alpha value is -1.59. The molecule has 1 atom stereocenters. The van der Waals surface area contributed by atoms with Gasteiger partial charge in [-0.3, -0.25) is 4.99 Å². The number of rotatable bonds is 5. The van der Waals surface area contributed by atoms with E-state index in [4.69, 9.17) is 5.11 Å². The van der Waals surface area contributed by atoms with Crippen LogP contribution in [0.15, 0.2) is 29.3 Å². The van der Waals surface area contributed by atoms with Gasteiger partial charge >= 0.3 is 0 Å². The van der Waals surface area contributed by atoms with Crippen molar-refractivity contribution in [3.05, 3.63) is 29.8 Å². The molecular formula is C12H17N3O2. The van der Waals surface area contributed by atoms with E-state index < -0.39 is 6.10 Å². The van der Waals surface area contributed by atoms with Crippen LogP contribution >= 0.6 is 0 Å². The van der Waals surface area contributed by atoms with Crippen LogP contribution in [0, 0.1) is 0 Å². The van der Waals surface area contributed by atoms with Crippen molar-refractivity contribution < 1.29 is 10.2 Å². The van der Waals surface area contributed by atoms with Gasteiger partial charge in [-0.05, 0) is 12.1 Å². The van der Waals surface area contributed by atoms with Crippen LogP contribution in [-0.2, 0) is 0 Å². The lowest BCUT2D eigenvalue weighted by Crippen LogP contribution is -2.25. The molecular weight excluding hydrogens is 218 g/mol. The normalized spacial score (nSPS) is 16.2. The quantitative estimate of drug-likeness (QED) is 0.570. The molecule has 0 amide bonds. The van der Waals surface area contributed by atoms with Crippen LogP contribution in [-0.4, -0.2) is 48.4 Å². The Balaban J connectivity index is 2.10. The summed E-state index contributed by atoms with van der Waals surface area (Å²) < 4.78 is 0. The van der Waals surface area contributed by atoms with E-state index in [-0.39, 0.29) is 6.61 Å². The second kappa shape index (κ2) is 5.65. The number of para-hydroxylation sites is 1. The van der Waals surface area contributed by atoms with Gasteiger partial charge in [0.05, 0.1) is 19.3 Å². The van der Waals surface area contributed by atoms with Gasteiger partial charge in [-0.25, -0.2) is 0 Å². The van der Waals surface area contributed by atoms with Crippen molar-refractivity contribution in [3.8, 4) is 0 Å². The van der Waals surface area contributed by atoms with Crippen LogP contribution in [0.2, 0.25) is 0 Å². The summed E-state index contributed by atoms with van der Waals surface area (Å²) in [6.07, 6.45) is -0.749. The number of benzene rings is 1. The zero-order valence-electron chi connectivity index (χ0n) is 9.56. The third kappa shape index (κ3) is 2.95. The van der Waals surface area contributed by atoms with Gasteiger partial charge in [0.2, 0.25) is 0 Å². The van der Waals surface area contributed by atoms with Gasteiger partial charge < -0.3 is 20.8 Å². The van der Waals surface area contributed by atoms with Crippen LogP contribution in [0.4, 0.5) is 5.69 Å². The average molecular weight is 235 g/mol. The molecule has 1 aromatic carbocycles. The van der Waals surface area contributed by atoms with Crippen molar-refractivity contribution in [1.29, 1.82) is 0 Å². The van der Waals surface area contributed by atoms with Crippen molar-refractivity contribution >= 4 is 11.5 Å². The largest absolute Gasteiger partial charge is 0.394 e. The minimum atomic E-state index is -0.749. The number of aliphatic hydroxyl groups is 2. The van der Waals surface area contributed by atoms with Crippen molar-refractivity contribution in [1.82, 2.24) is 5.32 Å². The Kier molecular flexibility index (Phi) is 3.95. The lowest BCUT2D eigenvalue weighted by atomic mass is 10.1. The van der Waals surface area contributed by atoms with Gasteiger partial charge in [-0.2, -0.15) is 0 Å². The third-order valence-electron chi connectivity index (χ3n) is 2.60. The second-order valence-electron chi connectivity index (χ2n) is 3.92. The zero-order valence-corrected chi connectivity index (χ0v) is 9.56. The van der Waals surface area contributed by atoms with Gasteiger partial charge in [0.1, 0.15) is 5.84 Å². The lowest BCUT2D eigenvalue weighted by Gasteiger charge is -2.14. The fraction of sp³-hybridized carbons (Fsp3) is 0.417. The average Bonchev–Trinajstić information content (AvgIpc) is 2.90. The van der Waals surface area contributed by atoms with E-state index in [1.54, 1.807) is 0 Å². The maximum Gasteiger partial charge on any atom is 0.130 e. The predicted molar refractivity (Wildman–Crippen MR) is 67.4 cm³/mol. The van der Waals surface area contributed by atoms with Crippen LogP contribution in [0.25, 0.3) is 0 Å². The summed E-state index contributed by atoms with van der Waals surface area (Å²) in [5.41, 5.74) is 1.91. The van der Waals surface area contributed by atoms with Crippen LogP contribution in [0.1, 0.15) is 5.56 Å². The lowest BCUT2D eigenvalue weighted by molar-refractivity contribution is 0.105. The van der Waals surface area contributed by atoms with Crippen LogP contribution in [0.3, 0.4) is 0 Å². The molecule has 0 bridgehead atoms. The highest BCUT2D eigenvalue weighted by Crippen LogP contribution is 2.16. The van der Waals surface area contributed by atoms with E-state index in [0.29, 0.717) is 6.54 Å². The van der Waals surface area contributed by atoms with Crippen molar-refractivity contribution in [2.45, 2.75) is 6.10 Å². The maximum atomic E-state index is 9.32. The third-order valence-corrected chi connectivity index (χ3v) is 2.60. The van der Waals surface area contributed by atoms with Gasteiger partial charge in [0.25, 0.3) is 0 Å². The first-order valence-electron chi connectivity index (χ1n) is 5.72. The number of amidine groups is 1. The van der Waals surface area contributed by atoms with Gasteiger partial charge in [0.15, 0.2) is 0 Å². The summed E-state index contributed by atoms with van der Waals surface area (Å²) >= 11 is 0. The van der Waals surface area contributed by atoms with Gasteiger partial charge in [-0.15, -0.1) is 0 Å². The number of aliphatic hydroxyl groups excluding tert-OH is 2. The first-order chi connectivity index (χ1) is 8.31. The summed E-state index contributed by atoms with van der Waals surface area (Å²) in [5.74, 6) is 0.881. The monoisotopic (exact) mass is 235 g/mol. The molecule has 0 fully saturated rings. The highest BCUT2D eigenvalue weighted by atomic mass is 16.3. The number of nitrogens with one attached hydrogen (secondary N) is 2. The number of nitrogens with zero attached hydrogens (tertiary/aromatic N) is 1. The molecule has 1 aliphatic heterocycles. The zero-order chi connectivity index (χ0) is 12.1. The fourth-order valence-corrected chi connectivity index (χ4v) is 1.71. The fourth-order valence-electron chi connectivity index (χ4n) is 1.71. The number of anilines is 1. The van der Waals surface area contributed by atoms with E-state index in [0.717, 1.165) is 30.2 Å². The summed E-state index contributed by atoms with van der Waals surface area (Å²) in [5, 5.41) is 24.4. The summed E-state index contributed by atoms with van der Waals surface area (Å²) in [7, 11) is 0. The van der Waals surface area contributed by atoms with Crippen molar-refractivity contribution in [3.63, 3.8) is 0 Å². The molecule has 1 heterocycles. The number of hydrogen-bond acceptors (Lipinski definition) is 5. The van der Waals surface area contributed by atoms with E-state index in [1.165, 1.54) is 0 Å². The summed E-state index contributed by atoms with van der Waals surface area (Å²) in [6, 6.07) is 7.78. The Bertz CT molecular complexity index is 406. The molecule has 1 aliphatic rings. The maximum absolute atomic E-state index is 9.32. The Morgan fingerprint density at radius 1 is 1.41 bits per heavy atom. The van der Waals surface area contributed by atoms with E-state index >= 15 is 0 Å². The minimum Gasteiger partial charge on any atom is -0.394 e. The molecule has 4 N–H and O–H groups in total. The predicted octanol–water partition coefficient (Wildman–Crippen LogP) is -0.199. The Labute approximate surface area is 100 Å². The van der Waals surface area contributed by atoms with Crippen molar-refractivity contribution in [2.24, 2.45) is 4.99 Å². The molecule has 5 nitrogen and oxygen atoms in total. The second-order valence-corrected chi connectivity index (χ2v) is 3.92. The molecule has 0 saturated heterocycles.